The molecule has 0 saturated carbocycles. The lowest BCUT2D eigenvalue weighted by molar-refractivity contribution is 0.0951. The summed E-state index contributed by atoms with van der Waals surface area (Å²) in [4.78, 5) is 29.7. The van der Waals surface area contributed by atoms with Crippen LogP contribution in [-0.2, 0) is 13.1 Å². The Balaban J connectivity index is 1.45. The van der Waals surface area contributed by atoms with Crippen molar-refractivity contribution in [3.8, 4) is 5.75 Å². The lowest BCUT2D eigenvalue weighted by Crippen LogP contribution is -2.28. The molecule has 0 aliphatic rings. The molecule has 0 bridgehead atoms. The van der Waals surface area contributed by atoms with Crippen LogP contribution in [0.25, 0.3) is 11.0 Å². The average molecular weight is 482 g/mol. The summed E-state index contributed by atoms with van der Waals surface area (Å²) in [6, 6.07) is 14.9. The van der Waals surface area contributed by atoms with Gasteiger partial charge in [-0.1, -0.05) is 30.3 Å². The van der Waals surface area contributed by atoms with E-state index in [1.54, 1.807) is 34.6 Å². The fraction of sp³-hybridized carbons (Fsp3) is 0.182. The van der Waals surface area contributed by atoms with Crippen molar-refractivity contribution in [2.75, 3.05) is 13.7 Å². The number of hydrogen-bond donors (Lipinski definition) is 1. The molecule has 8 nitrogen and oxygen atoms in total. The van der Waals surface area contributed by atoms with Crippen LogP contribution in [0.1, 0.15) is 15.9 Å². The highest BCUT2D eigenvalue weighted by Gasteiger charge is 2.13. The summed E-state index contributed by atoms with van der Waals surface area (Å²) in [5, 5.41) is 7.58. The highest BCUT2D eigenvalue weighted by molar-refractivity contribution is 9.10. The number of amides is 1. The van der Waals surface area contributed by atoms with E-state index in [0.29, 0.717) is 46.5 Å². The van der Waals surface area contributed by atoms with Gasteiger partial charge in [0.15, 0.2) is 5.65 Å². The first-order valence-electron chi connectivity index (χ1n) is 9.63. The van der Waals surface area contributed by atoms with Gasteiger partial charge in [0.05, 0.1) is 32.0 Å². The van der Waals surface area contributed by atoms with Crippen molar-refractivity contribution < 1.29 is 9.53 Å². The molecule has 1 amide bonds. The Morgan fingerprint density at radius 1 is 1.19 bits per heavy atom. The van der Waals surface area contributed by atoms with Crippen LogP contribution in [0.5, 0.6) is 5.75 Å². The summed E-state index contributed by atoms with van der Waals surface area (Å²) in [5.74, 6) is 0.364. The normalized spacial score (nSPS) is 10.9. The van der Waals surface area contributed by atoms with Gasteiger partial charge in [-0.3, -0.25) is 14.2 Å². The van der Waals surface area contributed by atoms with Crippen LogP contribution in [0.15, 0.2) is 70.3 Å². The fourth-order valence-corrected chi connectivity index (χ4v) is 3.66. The van der Waals surface area contributed by atoms with Crippen molar-refractivity contribution >= 4 is 32.9 Å². The highest BCUT2D eigenvalue weighted by Crippen LogP contribution is 2.22. The molecule has 0 spiro atoms. The minimum absolute atomic E-state index is 0.149. The third-order valence-electron chi connectivity index (χ3n) is 4.85. The summed E-state index contributed by atoms with van der Waals surface area (Å²) < 4.78 is 9.03. The predicted octanol–water partition coefficient (Wildman–Crippen LogP) is 2.84. The maximum Gasteiger partial charge on any atom is 0.264 e. The minimum atomic E-state index is -0.236. The first-order valence-corrected chi connectivity index (χ1v) is 10.4. The molecule has 2 heterocycles. The van der Waals surface area contributed by atoms with E-state index in [0.717, 1.165) is 5.56 Å². The second-order valence-corrected chi connectivity index (χ2v) is 7.72. The zero-order valence-corrected chi connectivity index (χ0v) is 18.4. The molecule has 0 saturated heterocycles. The van der Waals surface area contributed by atoms with Gasteiger partial charge in [0, 0.05) is 11.0 Å². The second kappa shape index (κ2) is 9.13. The van der Waals surface area contributed by atoms with Gasteiger partial charge in [-0.2, -0.15) is 5.10 Å². The zero-order chi connectivity index (χ0) is 21.8. The Kier molecular flexibility index (Phi) is 6.13. The summed E-state index contributed by atoms with van der Waals surface area (Å²) in [7, 11) is 1.55. The Bertz CT molecular complexity index is 1280. The Morgan fingerprint density at radius 2 is 2.00 bits per heavy atom. The van der Waals surface area contributed by atoms with Gasteiger partial charge >= 0.3 is 0 Å². The number of carbonyl (C=O) groups is 1. The number of ether oxygens (including phenoxy) is 1. The first kappa shape index (κ1) is 20.8. The zero-order valence-electron chi connectivity index (χ0n) is 16.8. The molecule has 4 aromatic rings. The Labute approximate surface area is 186 Å². The number of carbonyl (C=O) groups excluding carboxylic acids is 1. The molecule has 9 heteroatoms. The van der Waals surface area contributed by atoms with E-state index in [9.17, 15) is 9.59 Å². The number of nitrogens with one attached hydrogen (secondary N) is 1. The predicted molar refractivity (Wildman–Crippen MR) is 120 cm³/mol. The number of methoxy groups -OCH3 is 1. The van der Waals surface area contributed by atoms with E-state index in [1.807, 2.05) is 30.3 Å². The maximum atomic E-state index is 12.8. The third kappa shape index (κ3) is 4.51. The number of benzene rings is 2. The topological polar surface area (TPSA) is 91.0 Å². The van der Waals surface area contributed by atoms with Crippen LogP contribution < -0.4 is 15.6 Å². The van der Waals surface area contributed by atoms with Gasteiger partial charge in [0.1, 0.15) is 17.5 Å². The first-order chi connectivity index (χ1) is 15.1. The van der Waals surface area contributed by atoms with Crippen molar-refractivity contribution in [1.29, 1.82) is 0 Å². The van der Waals surface area contributed by atoms with Crippen molar-refractivity contribution in [2.24, 2.45) is 0 Å². The van der Waals surface area contributed by atoms with Gasteiger partial charge in [-0.25, -0.2) is 9.67 Å². The van der Waals surface area contributed by atoms with Crippen LogP contribution in [0.3, 0.4) is 0 Å². The lowest BCUT2D eigenvalue weighted by Gasteiger charge is -2.09. The van der Waals surface area contributed by atoms with Crippen molar-refractivity contribution in [3.05, 3.63) is 87.0 Å². The van der Waals surface area contributed by atoms with Crippen LogP contribution in [-0.4, -0.2) is 38.9 Å². The van der Waals surface area contributed by atoms with Crippen LogP contribution >= 0.6 is 15.9 Å². The molecule has 0 atom stereocenters. The second-order valence-electron chi connectivity index (χ2n) is 6.87. The lowest BCUT2D eigenvalue weighted by atomic mass is 10.2. The van der Waals surface area contributed by atoms with Gasteiger partial charge in [0.25, 0.3) is 11.5 Å². The van der Waals surface area contributed by atoms with Crippen LogP contribution in [0.4, 0.5) is 0 Å². The van der Waals surface area contributed by atoms with Gasteiger partial charge in [0.2, 0.25) is 0 Å². The number of rotatable bonds is 7. The monoisotopic (exact) mass is 481 g/mol. The molecule has 0 radical (unpaired) electrons. The molecule has 4 rings (SSSR count). The molecule has 1 N–H and O–H groups in total. The molecule has 2 aromatic carbocycles. The molecule has 0 fully saturated rings. The number of nitrogens with zero attached hydrogens (tertiary/aromatic N) is 4. The molecule has 31 heavy (non-hydrogen) atoms. The SMILES string of the molecule is COc1ccc(Br)c(C(=O)NCCn2ncc3c(=O)n(Cc4ccccc4)cnc32)c1. The van der Waals surface area contributed by atoms with E-state index < -0.39 is 0 Å². The van der Waals surface area contributed by atoms with E-state index in [1.165, 1.54) is 12.5 Å². The number of hydrogen-bond acceptors (Lipinski definition) is 5. The molecule has 158 valence electrons. The Morgan fingerprint density at radius 3 is 2.77 bits per heavy atom. The molecular formula is C22H20BrN5O3. The van der Waals surface area contributed by atoms with Gasteiger partial charge in [-0.05, 0) is 39.7 Å². The van der Waals surface area contributed by atoms with Crippen LogP contribution in [0, 0.1) is 0 Å². The van der Waals surface area contributed by atoms with E-state index >= 15 is 0 Å². The third-order valence-corrected chi connectivity index (χ3v) is 5.54. The standard InChI is InChI=1S/C22H20BrN5O3/c1-31-16-7-8-19(23)17(11-16)21(29)24-9-10-28-20-18(12-26-28)22(30)27(14-25-20)13-15-5-3-2-4-6-15/h2-8,11-12,14H,9-10,13H2,1H3,(H,24,29). The average Bonchev–Trinajstić information content (AvgIpc) is 3.20. The molecule has 0 unspecified atom stereocenters. The van der Waals surface area contributed by atoms with Crippen molar-refractivity contribution in [1.82, 2.24) is 24.6 Å². The smallest absolute Gasteiger partial charge is 0.264 e. The summed E-state index contributed by atoms with van der Waals surface area (Å²) in [5.41, 5.74) is 1.84. The van der Waals surface area contributed by atoms with E-state index in [4.69, 9.17) is 4.74 Å². The molecule has 0 aliphatic heterocycles. The fourth-order valence-electron chi connectivity index (χ4n) is 3.23. The Hall–Kier alpha value is -3.46. The number of fused-ring (bicyclic) bond motifs is 1. The van der Waals surface area contributed by atoms with E-state index in [-0.39, 0.29) is 11.5 Å². The summed E-state index contributed by atoms with van der Waals surface area (Å²) in [6.45, 7) is 1.15. The van der Waals surface area contributed by atoms with E-state index in [2.05, 4.69) is 31.3 Å². The van der Waals surface area contributed by atoms with Crippen molar-refractivity contribution in [3.63, 3.8) is 0 Å². The van der Waals surface area contributed by atoms with Crippen LogP contribution in [0.2, 0.25) is 0 Å². The van der Waals surface area contributed by atoms with Gasteiger partial charge < -0.3 is 10.1 Å². The molecular weight excluding hydrogens is 462 g/mol. The number of halogens is 1. The molecule has 2 aromatic heterocycles. The summed E-state index contributed by atoms with van der Waals surface area (Å²) >= 11 is 3.38. The van der Waals surface area contributed by atoms with Gasteiger partial charge in [-0.15, -0.1) is 0 Å². The quantitative estimate of drug-likeness (QED) is 0.438. The minimum Gasteiger partial charge on any atom is -0.497 e. The van der Waals surface area contributed by atoms with Crippen molar-refractivity contribution in [2.45, 2.75) is 13.1 Å². The summed E-state index contributed by atoms with van der Waals surface area (Å²) in [6.07, 6.45) is 3.05. The highest BCUT2D eigenvalue weighted by atomic mass is 79.9. The molecule has 0 aliphatic carbocycles. The maximum absolute atomic E-state index is 12.8. The number of aromatic nitrogens is 4. The largest absolute Gasteiger partial charge is 0.497 e.